The van der Waals surface area contributed by atoms with Crippen LogP contribution in [0.2, 0.25) is 0 Å². The van der Waals surface area contributed by atoms with Gasteiger partial charge in [0.2, 0.25) is 0 Å². The van der Waals surface area contributed by atoms with E-state index >= 15 is 0 Å². The quantitative estimate of drug-likeness (QED) is 0.158. The maximum Gasteiger partial charge on any atom is 0.0139 e. The number of rotatable bonds is 4. The minimum absolute atomic E-state index is 0.128. The van der Waals surface area contributed by atoms with Crippen molar-refractivity contribution in [3.05, 3.63) is 123 Å². The van der Waals surface area contributed by atoms with Gasteiger partial charge in [-0.05, 0) is 245 Å². The maximum absolute atomic E-state index is 2.62. The van der Waals surface area contributed by atoms with Gasteiger partial charge in [0.15, 0.2) is 0 Å². The number of hydrogen-bond donors (Lipinski definition) is 0. The molecule has 5 aromatic rings. The molecular weight excluding hydrogens is 909 g/mol. The summed E-state index contributed by atoms with van der Waals surface area (Å²) in [5, 5.41) is 5.89. The summed E-state index contributed by atoms with van der Waals surface area (Å²) in [6.45, 7) is 9.33. The minimum Gasteiger partial charge on any atom is -0.0613 e. The van der Waals surface area contributed by atoms with Crippen LogP contribution in [0, 0.1) is 23.6 Å². The first kappa shape index (κ1) is 33.0. The summed E-state index contributed by atoms with van der Waals surface area (Å²) in [5.41, 5.74) is 9.70. The normalized spacial score (nSPS) is 26.0. The molecule has 0 nitrogen and oxygen atoms in total. The van der Waals surface area contributed by atoms with Gasteiger partial charge in [-0.1, -0.05) is 69.7 Å². The van der Waals surface area contributed by atoms with Gasteiger partial charge < -0.3 is 0 Å². The molecule has 0 aliphatic heterocycles. The van der Waals surface area contributed by atoms with E-state index in [4.69, 9.17) is 0 Å². The molecule has 0 saturated heterocycles. The second kappa shape index (κ2) is 12.5. The minimum atomic E-state index is 0.128. The van der Waals surface area contributed by atoms with Gasteiger partial charge in [0, 0.05) is 10.7 Å². The molecule has 242 valence electrons. The van der Waals surface area contributed by atoms with E-state index in [1.807, 2.05) is 0 Å². The fraction of sp³-hybridized carbons (Fsp3) is 0.409. The molecule has 3 fully saturated rings. The molecule has 5 aromatic carbocycles. The highest BCUT2D eigenvalue weighted by Gasteiger charge is 2.51. The lowest BCUT2D eigenvalue weighted by Gasteiger charge is -2.33. The molecule has 3 heteroatoms. The third-order valence-corrected chi connectivity index (χ3v) is 14.1. The molecule has 5 atom stereocenters. The Labute approximate surface area is 322 Å². The van der Waals surface area contributed by atoms with Crippen molar-refractivity contribution in [3.63, 3.8) is 0 Å². The Hall–Kier alpha value is -1.19. The standard InChI is InChI=1S/C44H45I3/c1-26-15-30(19-33(45)16-26)41-25-44(14-13-29(41)24-44)32-11-12-37-31(18-32)20-34(46)21-39(37)28-8-5-7-27(17-28)36-9-6-10-38-40(36)22-35(47)23-42(38)43(2,3)4/h6,9-12,15-16,18-23,27-29,41H,5,7-8,13-14,17,24-25H2,1-4H3. The lowest BCUT2D eigenvalue weighted by atomic mass is 9.72. The molecule has 3 aliphatic rings. The van der Waals surface area contributed by atoms with E-state index in [2.05, 4.69) is 174 Å². The fourth-order valence-electron chi connectivity index (χ4n) is 10.2. The van der Waals surface area contributed by atoms with Crippen LogP contribution < -0.4 is 0 Å². The predicted octanol–water partition coefficient (Wildman–Crippen LogP) is 14.1. The molecular formula is C44H45I3. The fourth-order valence-corrected chi connectivity index (χ4v) is 12.3. The van der Waals surface area contributed by atoms with E-state index in [9.17, 15) is 0 Å². The van der Waals surface area contributed by atoms with Gasteiger partial charge >= 0.3 is 0 Å². The summed E-state index contributed by atoms with van der Waals surface area (Å²) >= 11 is 7.63. The van der Waals surface area contributed by atoms with Crippen molar-refractivity contribution in [2.24, 2.45) is 5.92 Å². The van der Waals surface area contributed by atoms with Crippen molar-refractivity contribution in [3.8, 4) is 0 Å². The smallest absolute Gasteiger partial charge is 0.0139 e. The Morgan fingerprint density at radius 1 is 0.681 bits per heavy atom. The highest BCUT2D eigenvalue weighted by Crippen LogP contribution is 2.61. The topological polar surface area (TPSA) is 0 Å². The lowest BCUT2D eigenvalue weighted by Crippen LogP contribution is -2.22. The second-order valence-electron chi connectivity index (χ2n) is 16.3. The van der Waals surface area contributed by atoms with Gasteiger partial charge in [0.25, 0.3) is 0 Å². The third-order valence-electron chi connectivity index (χ3n) is 12.2. The Morgan fingerprint density at radius 3 is 2.23 bits per heavy atom. The average Bonchev–Trinajstić information content (AvgIpc) is 3.63. The van der Waals surface area contributed by atoms with E-state index in [0.29, 0.717) is 23.2 Å². The molecule has 47 heavy (non-hydrogen) atoms. The Balaban J connectivity index is 1.12. The molecule has 0 spiro atoms. The molecule has 2 bridgehead atoms. The van der Waals surface area contributed by atoms with Crippen LogP contribution in [0.3, 0.4) is 0 Å². The van der Waals surface area contributed by atoms with E-state index in [0.717, 1.165) is 5.92 Å². The van der Waals surface area contributed by atoms with Crippen LogP contribution in [0.5, 0.6) is 0 Å². The van der Waals surface area contributed by atoms with Crippen LogP contribution in [-0.4, -0.2) is 0 Å². The Kier molecular flexibility index (Phi) is 8.80. The van der Waals surface area contributed by atoms with Gasteiger partial charge in [-0.15, -0.1) is 0 Å². The summed E-state index contributed by atoms with van der Waals surface area (Å²) in [6, 6.07) is 31.9. The zero-order chi connectivity index (χ0) is 32.7. The number of aryl methyl sites for hydroxylation is 1. The molecule has 0 heterocycles. The summed E-state index contributed by atoms with van der Waals surface area (Å²) < 4.78 is 4.13. The van der Waals surface area contributed by atoms with Crippen LogP contribution in [-0.2, 0) is 10.8 Å². The highest BCUT2D eigenvalue weighted by molar-refractivity contribution is 14.1. The number of hydrogen-bond acceptors (Lipinski definition) is 0. The van der Waals surface area contributed by atoms with Gasteiger partial charge in [-0.2, -0.15) is 0 Å². The molecule has 0 radical (unpaired) electrons. The Bertz CT molecular complexity index is 2000. The number of fused-ring (bicyclic) bond motifs is 4. The lowest BCUT2D eigenvalue weighted by molar-refractivity contribution is 0.380. The van der Waals surface area contributed by atoms with Crippen LogP contribution in [0.4, 0.5) is 0 Å². The molecule has 3 aliphatic carbocycles. The zero-order valence-corrected chi connectivity index (χ0v) is 34.6. The SMILES string of the molecule is Cc1cc(I)cc(C2CC3(c4ccc5c(C6CCCC(c7cccc8c(C(C)(C)C)cc(I)cc78)C6)cc(I)cc5c4)CCC2C3)c1. The monoisotopic (exact) mass is 954 g/mol. The van der Waals surface area contributed by atoms with E-state index in [1.165, 1.54) is 94.7 Å². The highest BCUT2D eigenvalue weighted by atomic mass is 127. The van der Waals surface area contributed by atoms with Crippen molar-refractivity contribution >= 4 is 89.3 Å². The van der Waals surface area contributed by atoms with Crippen molar-refractivity contribution < 1.29 is 0 Å². The third kappa shape index (κ3) is 6.12. The van der Waals surface area contributed by atoms with E-state index in [-0.39, 0.29) is 5.41 Å². The largest absolute Gasteiger partial charge is 0.0613 e. The summed E-state index contributed by atoms with van der Waals surface area (Å²) in [5.74, 6) is 2.73. The second-order valence-corrected chi connectivity index (χ2v) is 20.0. The van der Waals surface area contributed by atoms with Crippen LogP contribution >= 0.6 is 67.8 Å². The van der Waals surface area contributed by atoms with E-state index in [1.54, 1.807) is 22.3 Å². The predicted molar refractivity (Wildman–Crippen MR) is 226 cm³/mol. The summed E-state index contributed by atoms with van der Waals surface area (Å²) in [4.78, 5) is 0. The van der Waals surface area contributed by atoms with Gasteiger partial charge in [0.05, 0.1) is 0 Å². The van der Waals surface area contributed by atoms with E-state index < -0.39 is 0 Å². The first-order valence-corrected chi connectivity index (χ1v) is 20.9. The maximum atomic E-state index is 2.62. The van der Waals surface area contributed by atoms with Gasteiger partial charge in [0.1, 0.15) is 0 Å². The zero-order valence-electron chi connectivity index (χ0n) is 28.1. The van der Waals surface area contributed by atoms with Gasteiger partial charge in [-0.25, -0.2) is 0 Å². The molecule has 0 amide bonds. The number of halogens is 3. The molecule has 5 unspecified atom stereocenters. The first-order chi connectivity index (χ1) is 22.5. The molecule has 0 aromatic heterocycles. The summed E-state index contributed by atoms with van der Waals surface area (Å²) in [6.07, 6.45) is 10.5. The van der Waals surface area contributed by atoms with Gasteiger partial charge in [-0.3, -0.25) is 0 Å². The molecule has 0 N–H and O–H groups in total. The Morgan fingerprint density at radius 2 is 1.45 bits per heavy atom. The van der Waals surface area contributed by atoms with Crippen molar-refractivity contribution in [1.82, 2.24) is 0 Å². The van der Waals surface area contributed by atoms with Crippen LogP contribution in [0.15, 0.2) is 78.9 Å². The van der Waals surface area contributed by atoms with Crippen LogP contribution in [0.1, 0.15) is 123 Å². The van der Waals surface area contributed by atoms with Crippen molar-refractivity contribution in [2.75, 3.05) is 0 Å². The molecule has 3 saturated carbocycles. The summed E-state index contributed by atoms with van der Waals surface area (Å²) in [7, 11) is 0. The van der Waals surface area contributed by atoms with Crippen molar-refractivity contribution in [2.45, 2.75) is 108 Å². The first-order valence-electron chi connectivity index (χ1n) is 17.7. The van der Waals surface area contributed by atoms with Crippen LogP contribution in [0.25, 0.3) is 21.5 Å². The average molecular weight is 955 g/mol. The molecule has 8 rings (SSSR count). The van der Waals surface area contributed by atoms with Crippen molar-refractivity contribution in [1.29, 1.82) is 0 Å². The number of benzene rings is 5.